The minimum Gasteiger partial charge on any atom is -0.324 e. The van der Waals surface area contributed by atoms with E-state index in [0.29, 0.717) is 17.7 Å². The Balaban J connectivity index is 1.52. The highest BCUT2D eigenvalue weighted by Gasteiger charge is 2.69. The lowest BCUT2D eigenvalue weighted by molar-refractivity contribution is -0.142. The van der Waals surface area contributed by atoms with Crippen LogP contribution in [0.15, 0.2) is 48.5 Å². The van der Waals surface area contributed by atoms with Crippen LogP contribution in [0, 0.1) is 17.7 Å². The summed E-state index contributed by atoms with van der Waals surface area (Å²) in [6.45, 7) is 2.05. The Hall–Kier alpha value is -3.06. The molecule has 0 saturated carbocycles. The SMILES string of the molecule is C[C@H]1N[C@@]2(C(=O)Nc3ccc(F)cc32)[C@@H]2C(=O)N(CCc3ccccc3)C(=O)[C@@H]21. The Morgan fingerprint density at radius 1 is 1.07 bits per heavy atom. The van der Waals surface area contributed by atoms with E-state index in [-0.39, 0.29) is 18.4 Å². The summed E-state index contributed by atoms with van der Waals surface area (Å²) in [5, 5.41) is 5.92. The van der Waals surface area contributed by atoms with Gasteiger partial charge in [-0.1, -0.05) is 30.3 Å². The number of likely N-dealkylation sites (tertiary alicyclic amines) is 1. The molecular formula is C22H20FN3O3. The Labute approximate surface area is 167 Å². The topological polar surface area (TPSA) is 78.5 Å². The molecule has 3 aliphatic rings. The van der Waals surface area contributed by atoms with Crippen LogP contribution in [0.25, 0.3) is 0 Å². The van der Waals surface area contributed by atoms with Gasteiger partial charge in [-0.05, 0) is 37.1 Å². The molecule has 2 aromatic carbocycles. The first-order chi connectivity index (χ1) is 13.9. The van der Waals surface area contributed by atoms with Crippen molar-refractivity contribution in [3.05, 3.63) is 65.5 Å². The van der Waals surface area contributed by atoms with E-state index in [0.717, 1.165) is 5.56 Å². The Morgan fingerprint density at radius 3 is 2.59 bits per heavy atom. The summed E-state index contributed by atoms with van der Waals surface area (Å²) in [6, 6.07) is 13.3. The quantitative estimate of drug-likeness (QED) is 0.780. The predicted octanol–water partition coefficient (Wildman–Crippen LogP) is 1.81. The van der Waals surface area contributed by atoms with Crippen molar-refractivity contribution in [2.45, 2.75) is 24.9 Å². The normalized spacial score (nSPS) is 30.1. The number of hydrogen-bond donors (Lipinski definition) is 2. The second kappa shape index (κ2) is 6.22. The van der Waals surface area contributed by atoms with E-state index < -0.39 is 35.1 Å². The van der Waals surface area contributed by atoms with E-state index in [9.17, 15) is 18.8 Å². The minimum atomic E-state index is -1.42. The average Bonchev–Trinajstić information content (AvgIpc) is 3.26. The minimum absolute atomic E-state index is 0.259. The summed E-state index contributed by atoms with van der Waals surface area (Å²) in [5.41, 5.74) is 0.472. The molecule has 2 N–H and O–H groups in total. The number of amides is 3. The molecule has 7 heteroatoms. The van der Waals surface area contributed by atoms with Crippen LogP contribution in [0.4, 0.5) is 10.1 Å². The fourth-order valence-corrected chi connectivity index (χ4v) is 5.10. The number of nitrogens with one attached hydrogen (secondary N) is 2. The van der Waals surface area contributed by atoms with Gasteiger partial charge in [-0.15, -0.1) is 0 Å². The van der Waals surface area contributed by atoms with E-state index in [2.05, 4.69) is 10.6 Å². The third kappa shape index (κ3) is 2.40. The van der Waals surface area contributed by atoms with Crippen molar-refractivity contribution >= 4 is 23.4 Å². The van der Waals surface area contributed by atoms with E-state index in [1.165, 1.54) is 23.1 Å². The zero-order chi connectivity index (χ0) is 20.3. The molecule has 6 nitrogen and oxygen atoms in total. The van der Waals surface area contributed by atoms with Crippen molar-refractivity contribution in [1.82, 2.24) is 10.2 Å². The first-order valence-electron chi connectivity index (χ1n) is 9.72. The molecule has 0 aliphatic carbocycles. The van der Waals surface area contributed by atoms with Crippen molar-refractivity contribution in [1.29, 1.82) is 0 Å². The van der Waals surface area contributed by atoms with Crippen LogP contribution in [-0.2, 0) is 26.3 Å². The first kappa shape index (κ1) is 18.0. The lowest BCUT2D eigenvalue weighted by atomic mass is 9.76. The maximum absolute atomic E-state index is 14.0. The van der Waals surface area contributed by atoms with Crippen LogP contribution < -0.4 is 10.6 Å². The highest BCUT2D eigenvalue weighted by molar-refractivity contribution is 6.15. The molecule has 3 amide bonds. The Morgan fingerprint density at radius 2 is 1.83 bits per heavy atom. The van der Waals surface area contributed by atoms with Gasteiger partial charge >= 0.3 is 0 Å². The van der Waals surface area contributed by atoms with Crippen LogP contribution in [0.5, 0.6) is 0 Å². The maximum Gasteiger partial charge on any atom is 0.250 e. The van der Waals surface area contributed by atoms with E-state index in [4.69, 9.17) is 0 Å². The number of fused-ring (bicyclic) bond motifs is 4. The number of rotatable bonds is 3. The third-order valence-electron chi connectivity index (χ3n) is 6.38. The zero-order valence-electron chi connectivity index (χ0n) is 15.8. The fraction of sp³-hybridized carbons (Fsp3) is 0.318. The summed E-state index contributed by atoms with van der Waals surface area (Å²) in [6.07, 6.45) is 0.546. The largest absolute Gasteiger partial charge is 0.324 e. The molecule has 148 valence electrons. The second-order valence-corrected chi connectivity index (χ2v) is 7.95. The molecule has 3 heterocycles. The molecule has 1 spiro atoms. The molecule has 2 saturated heterocycles. The summed E-state index contributed by atoms with van der Waals surface area (Å²) < 4.78 is 14.0. The van der Waals surface area contributed by atoms with Crippen LogP contribution >= 0.6 is 0 Å². The van der Waals surface area contributed by atoms with Gasteiger partial charge in [-0.25, -0.2) is 4.39 Å². The van der Waals surface area contributed by atoms with E-state index >= 15 is 0 Å². The van der Waals surface area contributed by atoms with Gasteiger partial charge in [-0.2, -0.15) is 0 Å². The van der Waals surface area contributed by atoms with E-state index in [1.54, 1.807) is 6.92 Å². The fourth-order valence-electron chi connectivity index (χ4n) is 5.10. The maximum atomic E-state index is 14.0. The average molecular weight is 393 g/mol. The highest BCUT2D eigenvalue weighted by Crippen LogP contribution is 2.52. The van der Waals surface area contributed by atoms with Crippen molar-refractivity contribution < 1.29 is 18.8 Å². The zero-order valence-corrected chi connectivity index (χ0v) is 15.8. The van der Waals surface area contributed by atoms with Crippen LogP contribution in [-0.4, -0.2) is 35.2 Å². The van der Waals surface area contributed by atoms with Gasteiger partial charge in [0.2, 0.25) is 17.7 Å². The number of carbonyl (C=O) groups is 3. The Bertz CT molecular complexity index is 1040. The molecule has 5 rings (SSSR count). The lowest BCUT2D eigenvalue weighted by Gasteiger charge is -2.29. The number of hydrogen-bond acceptors (Lipinski definition) is 4. The molecule has 4 atom stereocenters. The van der Waals surface area contributed by atoms with Crippen molar-refractivity contribution in [2.75, 3.05) is 11.9 Å². The molecule has 0 bridgehead atoms. The van der Waals surface area contributed by atoms with Gasteiger partial charge in [0.25, 0.3) is 0 Å². The number of anilines is 1. The first-order valence-corrected chi connectivity index (χ1v) is 9.72. The molecule has 0 aromatic heterocycles. The highest BCUT2D eigenvalue weighted by atomic mass is 19.1. The molecule has 29 heavy (non-hydrogen) atoms. The van der Waals surface area contributed by atoms with Gasteiger partial charge in [-0.3, -0.25) is 24.6 Å². The van der Waals surface area contributed by atoms with Crippen LogP contribution in [0.3, 0.4) is 0 Å². The van der Waals surface area contributed by atoms with Crippen LogP contribution in [0.2, 0.25) is 0 Å². The molecular weight excluding hydrogens is 373 g/mol. The molecule has 2 aromatic rings. The second-order valence-electron chi connectivity index (χ2n) is 7.95. The van der Waals surface area contributed by atoms with E-state index in [1.807, 2.05) is 30.3 Å². The number of carbonyl (C=O) groups excluding carboxylic acids is 3. The standard InChI is InChI=1S/C22H20FN3O3/c1-12-17-18(20(28)26(19(17)27)10-9-13-5-3-2-4-6-13)22(25-12)15-11-14(23)7-8-16(15)24-21(22)29/h2-8,11-12,17-18,25H,9-10H2,1H3,(H,24,29)/t12-,17-,18+,22-/m1/s1. The number of halogens is 1. The third-order valence-corrected chi connectivity index (χ3v) is 6.38. The van der Waals surface area contributed by atoms with Crippen molar-refractivity contribution in [3.8, 4) is 0 Å². The van der Waals surface area contributed by atoms with Crippen LogP contribution in [0.1, 0.15) is 18.1 Å². The number of benzene rings is 2. The number of nitrogens with zero attached hydrogens (tertiary/aromatic N) is 1. The summed E-state index contributed by atoms with van der Waals surface area (Å²) >= 11 is 0. The molecule has 0 radical (unpaired) electrons. The van der Waals surface area contributed by atoms with Gasteiger partial charge < -0.3 is 5.32 Å². The Kier molecular flexibility index (Phi) is 3.86. The summed E-state index contributed by atoms with van der Waals surface area (Å²) in [4.78, 5) is 40.8. The van der Waals surface area contributed by atoms with Gasteiger partial charge in [0.15, 0.2) is 0 Å². The van der Waals surface area contributed by atoms with Gasteiger partial charge in [0, 0.05) is 23.8 Å². The predicted molar refractivity (Wildman–Crippen MR) is 103 cm³/mol. The van der Waals surface area contributed by atoms with Gasteiger partial charge in [0.05, 0.1) is 11.8 Å². The number of imide groups is 1. The molecule has 0 unspecified atom stereocenters. The lowest BCUT2D eigenvalue weighted by Crippen LogP contribution is -2.53. The van der Waals surface area contributed by atoms with Crippen molar-refractivity contribution in [2.24, 2.45) is 11.8 Å². The molecule has 2 fully saturated rings. The molecule has 3 aliphatic heterocycles. The van der Waals surface area contributed by atoms with Crippen molar-refractivity contribution in [3.63, 3.8) is 0 Å². The summed E-state index contributed by atoms with van der Waals surface area (Å²) in [7, 11) is 0. The smallest absolute Gasteiger partial charge is 0.250 e. The summed E-state index contributed by atoms with van der Waals surface area (Å²) in [5.74, 6) is -3.09. The van der Waals surface area contributed by atoms with Gasteiger partial charge in [0.1, 0.15) is 11.4 Å². The monoisotopic (exact) mass is 393 g/mol.